The Bertz CT molecular complexity index is 431. The number of hydrogen-bond acceptors (Lipinski definition) is 4. The first-order valence-corrected chi connectivity index (χ1v) is 4.77. The van der Waals surface area contributed by atoms with Gasteiger partial charge in [-0.15, -0.1) is 0 Å². The van der Waals surface area contributed by atoms with E-state index >= 15 is 0 Å². The van der Waals surface area contributed by atoms with Gasteiger partial charge in [0.05, 0.1) is 12.7 Å². The number of nitrogens with zero attached hydrogens (tertiary/aromatic N) is 4. The maximum Gasteiger partial charge on any atom is 0.125 e. The SMILES string of the molecule is Cc1ncc(Cn2cc(CN)cn2)cn1. The van der Waals surface area contributed by atoms with Gasteiger partial charge in [-0.2, -0.15) is 5.10 Å². The summed E-state index contributed by atoms with van der Waals surface area (Å²) in [5, 5.41) is 4.19. The second-order valence-corrected chi connectivity index (χ2v) is 3.39. The van der Waals surface area contributed by atoms with Crippen LogP contribution in [0.15, 0.2) is 24.8 Å². The van der Waals surface area contributed by atoms with Gasteiger partial charge < -0.3 is 5.73 Å². The van der Waals surface area contributed by atoms with Crippen molar-refractivity contribution >= 4 is 0 Å². The molecule has 2 N–H and O–H groups in total. The molecule has 2 rings (SSSR count). The third-order valence-corrected chi connectivity index (χ3v) is 2.10. The van der Waals surface area contributed by atoms with E-state index in [-0.39, 0.29) is 0 Å². The number of rotatable bonds is 3. The Labute approximate surface area is 88.0 Å². The second kappa shape index (κ2) is 4.18. The minimum Gasteiger partial charge on any atom is -0.326 e. The molecule has 0 amide bonds. The van der Waals surface area contributed by atoms with Crippen LogP contribution in [0.5, 0.6) is 0 Å². The van der Waals surface area contributed by atoms with Crippen molar-refractivity contribution in [1.29, 1.82) is 0 Å². The zero-order chi connectivity index (χ0) is 10.7. The van der Waals surface area contributed by atoms with Gasteiger partial charge in [0.25, 0.3) is 0 Å². The Morgan fingerprint density at radius 1 is 1.20 bits per heavy atom. The molecule has 0 aromatic carbocycles. The fourth-order valence-corrected chi connectivity index (χ4v) is 1.29. The lowest BCUT2D eigenvalue weighted by Crippen LogP contribution is -2.02. The Balaban J connectivity index is 2.11. The van der Waals surface area contributed by atoms with E-state index in [4.69, 9.17) is 5.73 Å². The van der Waals surface area contributed by atoms with E-state index < -0.39 is 0 Å². The van der Waals surface area contributed by atoms with E-state index in [0.29, 0.717) is 13.1 Å². The van der Waals surface area contributed by atoms with Crippen LogP contribution in [0.4, 0.5) is 0 Å². The molecule has 0 saturated carbocycles. The van der Waals surface area contributed by atoms with Crippen molar-refractivity contribution in [3.63, 3.8) is 0 Å². The van der Waals surface area contributed by atoms with Gasteiger partial charge in [-0.1, -0.05) is 0 Å². The molecule has 0 unspecified atom stereocenters. The molecule has 0 aliphatic rings. The van der Waals surface area contributed by atoms with Crippen LogP contribution in [0.1, 0.15) is 17.0 Å². The van der Waals surface area contributed by atoms with Gasteiger partial charge in [0.2, 0.25) is 0 Å². The van der Waals surface area contributed by atoms with Crippen LogP contribution in [0.2, 0.25) is 0 Å². The molecule has 0 spiro atoms. The van der Waals surface area contributed by atoms with E-state index in [0.717, 1.165) is 17.0 Å². The summed E-state index contributed by atoms with van der Waals surface area (Å²) in [6.45, 7) is 3.06. The second-order valence-electron chi connectivity index (χ2n) is 3.39. The lowest BCUT2D eigenvalue weighted by molar-refractivity contribution is 0.680. The van der Waals surface area contributed by atoms with Crippen molar-refractivity contribution in [1.82, 2.24) is 19.7 Å². The monoisotopic (exact) mass is 203 g/mol. The molecule has 0 atom stereocenters. The van der Waals surface area contributed by atoms with Crippen molar-refractivity contribution in [3.05, 3.63) is 41.7 Å². The molecule has 2 aromatic heterocycles. The first-order chi connectivity index (χ1) is 7.28. The molecule has 15 heavy (non-hydrogen) atoms. The van der Waals surface area contributed by atoms with E-state index in [1.54, 1.807) is 6.20 Å². The molecule has 0 aliphatic carbocycles. The van der Waals surface area contributed by atoms with Crippen molar-refractivity contribution in [2.75, 3.05) is 0 Å². The zero-order valence-corrected chi connectivity index (χ0v) is 8.59. The first-order valence-electron chi connectivity index (χ1n) is 4.77. The zero-order valence-electron chi connectivity index (χ0n) is 8.59. The standard InChI is InChI=1S/C10H13N5/c1-8-12-3-10(4-13-8)7-15-6-9(2-11)5-14-15/h3-6H,2,7,11H2,1H3. The Hall–Kier alpha value is -1.75. The highest BCUT2D eigenvalue weighted by atomic mass is 15.3. The van der Waals surface area contributed by atoms with Crippen molar-refractivity contribution in [2.24, 2.45) is 5.73 Å². The van der Waals surface area contributed by atoms with Crippen LogP contribution in [0.25, 0.3) is 0 Å². The van der Waals surface area contributed by atoms with Crippen LogP contribution in [-0.2, 0) is 13.1 Å². The summed E-state index contributed by atoms with van der Waals surface area (Å²) in [7, 11) is 0. The first kappa shape index (κ1) is 9.79. The minimum absolute atomic E-state index is 0.518. The van der Waals surface area contributed by atoms with E-state index in [9.17, 15) is 0 Å². The van der Waals surface area contributed by atoms with E-state index in [1.165, 1.54) is 0 Å². The van der Waals surface area contributed by atoms with Crippen LogP contribution in [-0.4, -0.2) is 19.7 Å². The Kier molecular flexibility index (Phi) is 2.73. The average Bonchev–Trinajstić information content (AvgIpc) is 2.69. The molecule has 0 fully saturated rings. The summed E-state index contributed by atoms with van der Waals surface area (Å²) in [5.41, 5.74) is 7.56. The molecule has 5 heteroatoms. The highest BCUT2D eigenvalue weighted by Crippen LogP contribution is 2.01. The fourth-order valence-electron chi connectivity index (χ4n) is 1.29. The molecular weight excluding hydrogens is 190 g/mol. The molecule has 0 radical (unpaired) electrons. The Morgan fingerprint density at radius 3 is 2.53 bits per heavy atom. The van der Waals surface area contributed by atoms with E-state index in [1.807, 2.05) is 30.2 Å². The highest BCUT2D eigenvalue weighted by Gasteiger charge is 1.99. The fraction of sp³-hybridized carbons (Fsp3) is 0.300. The van der Waals surface area contributed by atoms with Crippen LogP contribution in [0, 0.1) is 6.92 Å². The average molecular weight is 203 g/mol. The smallest absolute Gasteiger partial charge is 0.125 e. The summed E-state index contributed by atoms with van der Waals surface area (Å²) in [6, 6.07) is 0. The molecule has 0 bridgehead atoms. The van der Waals surface area contributed by atoms with Crippen molar-refractivity contribution in [2.45, 2.75) is 20.0 Å². The maximum absolute atomic E-state index is 5.50. The predicted octanol–water partition coefficient (Wildman–Crippen LogP) is 0.489. The molecule has 0 aliphatic heterocycles. The normalized spacial score (nSPS) is 10.5. The topological polar surface area (TPSA) is 69.6 Å². The van der Waals surface area contributed by atoms with Gasteiger partial charge in [0.15, 0.2) is 0 Å². The van der Waals surface area contributed by atoms with Gasteiger partial charge in [0.1, 0.15) is 5.82 Å². The summed E-state index contributed by atoms with van der Waals surface area (Å²) in [4.78, 5) is 8.25. The summed E-state index contributed by atoms with van der Waals surface area (Å²) < 4.78 is 1.83. The van der Waals surface area contributed by atoms with Crippen molar-refractivity contribution in [3.8, 4) is 0 Å². The van der Waals surface area contributed by atoms with Crippen LogP contribution >= 0.6 is 0 Å². The Morgan fingerprint density at radius 2 is 1.93 bits per heavy atom. The molecule has 2 aromatic rings. The summed E-state index contributed by atoms with van der Waals surface area (Å²) >= 11 is 0. The summed E-state index contributed by atoms with van der Waals surface area (Å²) in [5.74, 6) is 0.780. The number of nitrogens with two attached hydrogens (primary N) is 1. The lowest BCUT2D eigenvalue weighted by atomic mass is 10.3. The number of aryl methyl sites for hydroxylation is 1. The van der Waals surface area contributed by atoms with Crippen molar-refractivity contribution < 1.29 is 0 Å². The van der Waals surface area contributed by atoms with Gasteiger partial charge >= 0.3 is 0 Å². The highest BCUT2D eigenvalue weighted by molar-refractivity contribution is 5.08. The van der Waals surface area contributed by atoms with Crippen LogP contribution < -0.4 is 5.73 Å². The summed E-state index contributed by atoms with van der Waals surface area (Å²) in [6.07, 6.45) is 7.33. The van der Waals surface area contributed by atoms with Gasteiger partial charge in [-0.05, 0) is 6.92 Å². The molecule has 2 heterocycles. The number of hydrogen-bond donors (Lipinski definition) is 1. The maximum atomic E-state index is 5.50. The largest absolute Gasteiger partial charge is 0.326 e. The quantitative estimate of drug-likeness (QED) is 0.788. The molecule has 5 nitrogen and oxygen atoms in total. The minimum atomic E-state index is 0.518. The molecule has 78 valence electrons. The van der Waals surface area contributed by atoms with Gasteiger partial charge in [-0.25, -0.2) is 9.97 Å². The molecule has 0 saturated heterocycles. The predicted molar refractivity (Wildman–Crippen MR) is 56.0 cm³/mol. The van der Waals surface area contributed by atoms with Gasteiger partial charge in [-0.3, -0.25) is 4.68 Å². The van der Waals surface area contributed by atoms with E-state index in [2.05, 4.69) is 15.1 Å². The van der Waals surface area contributed by atoms with Crippen LogP contribution in [0.3, 0.4) is 0 Å². The third-order valence-electron chi connectivity index (χ3n) is 2.10. The molecular formula is C10H13N5. The lowest BCUT2D eigenvalue weighted by Gasteiger charge is -2.00. The number of aromatic nitrogens is 4. The van der Waals surface area contributed by atoms with Gasteiger partial charge in [0, 0.05) is 36.3 Å². The third kappa shape index (κ3) is 2.38.